The second-order valence-corrected chi connectivity index (χ2v) is 7.13. The van der Waals surface area contributed by atoms with Crippen LogP contribution < -0.4 is 10.1 Å². The number of rotatable bonds is 6. The van der Waals surface area contributed by atoms with Crippen LogP contribution in [0.3, 0.4) is 0 Å². The highest BCUT2D eigenvalue weighted by molar-refractivity contribution is 5.94. The summed E-state index contributed by atoms with van der Waals surface area (Å²) in [7, 11) is 0. The molecule has 0 heterocycles. The van der Waals surface area contributed by atoms with Gasteiger partial charge in [-0.15, -0.1) is 0 Å². The molecule has 0 saturated heterocycles. The van der Waals surface area contributed by atoms with Gasteiger partial charge in [-0.25, -0.2) is 4.39 Å². The topological polar surface area (TPSA) is 82.4 Å². The normalized spacial score (nSPS) is 10.7. The van der Waals surface area contributed by atoms with E-state index in [1.54, 1.807) is 18.2 Å². The second kappa shape index (κ2) is 9.00. The Morgan fingerprint density at radius 3 is 2.46 bits per heavy atom. The third-order valence-corrected chi connectivity index (χ3v) is 3.87. The largest absolute Gasteiger partial charge is 0.484 e. The van der Waals surface area contributed by atoms with E-state index < -0.39 is 17.3 Å². The third kappa shape index (κ3) is 6.09. The highest BCUT2D eigenvalue weighted by Crippen LogP contribution is 2.17. The molecule has 0 spiro atoms. The molecular formula is C21H22FN3O3. The quantitative estimate of drug-likeness (QED) is 0.829. The van der Waals surface area contributed by atoms with Crippen molar-refractivity contribution in [2.45, 2.75) is 26.3 Å². The van der Waals surface area contributed by atoms with E-state index in [1.165, 1.54) is 35.2 Å². The summed E-state index contributed by atoms with van der Waals surface area (Å²) in [4.78, 5) is 26.4. The van der Waals surface area contributed by atoms with Crippen molar-refractivity contribution >= 4 is 17.5 Å². The summed E-state index contributed by atoms with van der Waals surface area (Å²) >= 11 is 0. The predicted molar refractivity (Wildman–Crippen MR) is 103 cm³/mol. The molecular weight excluding hydrogens is 361 g/mol. The van der Waals surface area contributed by atoms with E-state index in [0.717, 1.165) is 0 Å². The minimum absolute atomic E-state index is 0.179. The Hall–Kier alpha value is -3.40. The molecule has 1 N–H and O–H groups in total. The van der Waals surface area contributed by atoms with Crippen LogP contribution in [0.4, 0.5) is 10.1 Å². The summed E-state index contributed by atoms with van der Waals surface area (Å²) in [6, 6.07) is 13.9. The Morgan fingerprint density at radius 1 is 1.18 bits per heavy atom. The minimum atomic E-state index is -0.616. The van der Waals surface area contributed by atoms with E-state index in [-0.39, 0.29) is 19.1 Å². The molecule has 0 saturated carbocycles. The number of halogens is 1. The van der Waals surface area contributed by atoms with Gasteiger partial charge in [0.1, 0.15) is 18.1 Å². The summed E-state index contributed by atoms with van der Waals surface area (Å²) in [5.74, 6) is -0.774. The average molecular weight is 383 g/mol. The van der Waals surface area contributed by atoms with E-state index in [9.17, 15) is 14.0 Å². The molecule has 0 atom stereocenters. The van der Waals surface area contributed by atoms with E-state index in [0.29, 0.717) is 17.0 Å². The van der Waals surface area contributed by atoms with Crippen molar-refractivity contribution < 1.29 is 18.7 Å². The summed E-state index contributed by atoms with van der Waals surface area (Å²) in [6.45, 7) is 4.99. The van der Waals surface area contributed by atoms with Gasteiger partial charge in [0, 0.05) is 11.2 Å². The van der Waals surface area contributed by atoms with Crippen molar-refractivity contribution in [3.8, 4) is 11.8 Å². The van der Waals surface area contributed by atoms with Crippen molar-refractivity contribution in [2.75, 3.05) is 18.5 Å². The first-order chi connectivity index (χ1) is 13.2. The number of carbonyl (C=O) groups excluding carboxylic acids is 2. The number of ether oxygens (including phenoxy) is 1. The van der Waals surface area contributed by atoms with Gasteiger partial charge in [-0.05, 0) is 63.2 Å². The van der Waals surface area contributed by atoms with Crippen LogP contribution in [0.1, 0.15) is 26.3 Å². The molecule has 146 valence electrons. The van der Waals surface area contributed by atoms with E-state index >= 15 is 0 Å². The van der Waals surface area contributed by atoms with Crippen molar-refractivity contribution in [1.82, 2.24) is 4.90 Å². The zero-order valence-corrected chi connectivity index (χ0v) is 16.0. The number of nitriles is 1. The molecule has 0 aliphatic carbocycles. The molecule has 0 radical (unpaired) electrons. The molecule has 2 aromatic rings. The molecule has 0 aliphatic rings. The van der Waals surface area contributed by atoms with Crippen LogP contribution in [-0.2, 0) is 9.59 Å². The molecule has 0 aromatic heterocycles. The van der Waals surface area contributed by atoms with Gasteiger partial charge in [0.15, 0.2) is 6.61 Å². The molecule has 0 unspecified atom stereocenters. The highest BCUT2D eigenvalue weighted by Gasteiger charge is 2.28. The molecule has 28 heavy (non-hydrogen) atoms. The van der Waals surface area contributed by atoms with Crippen LogP contribution in [0.15, 0.2) is 48.5 Å². The molecule has 6 nitrogen and oxygen atoms in total. The first-order valence-corrected chi connectivity index (χ1v) is 8.68. The number of benzene rings is 2. The number of carbonyl (C=O) groups is 2. The lowest BCUT2D eigenvalue weighted by Gasteiger charge is -2.35. The molecule has 0 bridgehead atoms. The lowest BCUT2D eigenvalue weighted by Crippen LogP contribution is -2.51. The molecule has 0 fully saturated rings. The van der Waals surface area contributed by atoms with Gasteiger partial charge in [0.05, 0.1) is 11.6 Å². The SMILES string of the molecule is CC(C)(C)N(CC(=O)Nc1ccc(F)cc1)C(=O)COc1cccc(C#N)c1. The Morgan fingerprint density at radius 2 is 1.86 bits per heavy atom. The fourth-order valence-electron chi connectivity index (χ4n) is 2.46. The third-order valence-electron chi connectivity index (χ3n) is 3.87. The number of amides is 2. The first-order valence-electron chi connectivity index (χ1n) is 8.68. The van der Waals surface area contributed by atoms with Crippen LogP contribution in [0.25, 0.3) is 0 Å². The monoisotopic (exact) mass is 383 g/mol. The number of nitrogens with one attached hydrogen (secondary N) is 1. The van der Waals surface area contributed by atoms with E-state index in [2.05, 4.69) is 5.32 Å². The first kappa shape index (κ1) is 20.9. The molecule has 7 heteroatoms. The number of nitrogens with zero attached hydrogens (tertiary/aromatic N) is 2. The lowest BCUT2D eigenvalue weighted by molar-refractivity contribution is -0.141. The van der Waals surface area contributed by atoms with Gasteiger partial charge >= 0.3 is 0 Å². The van der Waals surface area contributed by atoms with E-state index in [1.807, 2.05) is 26.8 Å². The predicted octanol–water partition coefficient (Wildman–Crippen LogP) is 3.34. The zero-order valence-electron chi connectivity index (χ0n) is 16.0. The number of hydrogen-bond acceptors (Lipinski definition) is 4. The van der Waals surface area contributed by atoms with Gasteiger partial charge in [-0.1, -0.05) is 6.07 Å². The zero-order chi connectivity index (χ0) is 20.7. The fraction of sp³-hybridized carbons (Fsp3) is 0.286. The Labute approximate surface area is 163 Å². The van der Waals surface area contributed by atoms with Crippen LogP contribution in [0, 0.1) is 17.1 Å². The molecule has 2 rings (SSSR count). The lowest BCUT2D eigenvalue weighted by atomic mass is 10.1. The summed E-state index contributed by atoms with van der Waals surface area (Å²) in [5, 5.41) is 11.6. The van der Waals surface area contributed by atoms with Crippen molar-refractivity contribution in [3.05, 3.63) is 59.9 Å². The Kier molecular flexibility index (Phi) is 6.72. The second-order valence-electron chi connectivity index (χ2n) is 7.13. The maximum absolute atomic E-state index is 13.0. The van der Waals surface area contributed by atoms with Crippen molar-refractivity contribution in [3.63, 3.8) is 0 Å². The van der Waals surface area contributed by atoms with Gasteiger partial charge < -0.3 is 15.0 Å². The molecule has 2 amide bonds. The average Bonchev–Trinajstić information content (AvgIpc) is 2.65. The van der Waals surface area contributed by atoms with Crippen molar-refractivity contribution in [1.29, 1.82) is 5.26 Å². The fourth-order valence-corrected chi connectivity index (χ4v) is 2.46. The van der Waals surface area contributed by atoms with Crippen LogP contribution in [0.2, 0.25) is 0 Å². The van der Waals surface area contributed by atoms with E-state index in [4.69, 9.17) is 10.00 Å². The highest BCUT2D eigenvalue weighted by atomic mass is 19.1. The standard InChI is InChI=1S/C21H22FN3O3/c1-21(2,3)25(13-19(26)24-17-9-7-16(22)8-10-17)20(27)14-28-18-6-4-5-15(11-18)12-23/h4-11H,13-14H2,1-3H3,(H,24,26). The van der Waals surface area contributed by atoms with Gasteiger partial charge in [-0.2, -0.15) is 5.26 Å². The smallest absolute Gasteiger partial charge is 0.261 e. The van der Waals surface area contributed by atoms with Crippen molar-refractivity contribution in [2.24, 2.45) is 0 Å². The summed E-state index contributed by atoms with van der Waals surface area (Å²) < 4.78 is 18.5. The maximum atomic E-state index is 13.0. The van der Waals surface area contributed by atoms with Gasteiger partial charge in [-0.3, -0.25) is 9.59 Å². The molecule has 2 aromatic carbocycles. The Balaban J connectivity index is 2.01. The van der Waals surface area contributed by atoms with Crippen LogP contribution in [-0.4, -0.2) is 35.4 Å². The minimum Gasteiger partial charge on any atom is -0.484 e. The van der Waals surface area contributed by atoms with Gasteiger partial charge in [0.2, 0.25) is 5.91 Å². The number of anilines is 1. The van der Waals surface area contributed by atoms with Crippen LogP contribution in [0.5, 0.6) is 5.75 Å². The van der Waals surface area contributed by atoms with Crippen LogP contribution >= 0.6 is 0 Å². The maximum Gasteiger partial charge on any atom is 0.261 e. The number of hydrogen-bond donors (Lipinski definition) is 1. The summed E-state index contributed by atoms with van der Waals surface area (Å²) in [6.07, 6.45) is 0. The van der Waals surface area contributed by atoms with Gasteiger partial charge in [0.25, 0.3) is 5.91 Å². The molecule has 0 aliphatic heterocycles. The Bertz CT molecular complexity index is 883. The summed E-state index contributed by atoms with van der Waals surface area (Å²) in [5.41, 5.74) is 0.253.